The highest BCUT2D eigenvalue weighted by Gasteiger charge is 2.19. The number of Topliss-reactive ketones (excluding diaryl/α,β-unsaturated/α-hetero) is 1. The predicted octanol–water partition coefficient (Wildman–Crippen LogP) is 3.69. The van der Waals surface area contributed by atoms with Gasteiger partial charge in [0.25, 0.3) is 0 Å². The van der Waals surface area contributed by atoms with Gasteiger partial charge in [0.05, 0.1) is 19.9 Å². The Hall–Kier alpha value is -3.48. The van der Waals surface area contributed by atoms with Gasteiger partial charge in [-0.05, 0) is 42.3 Å². The highest BCUT2D eigenvalue weighted by Crippen LogP contribution is 2.24. The van der Waals surface area contributed by atoms with E-state index in [-0.39, 0.29) is 30.3 Å². The fourth-order valence-electron chi connectivity index (χ4n) is 2.95. The molecule has 0 atom stereocenters. The SMILES string of the molecule is COC(=O)c1cc(-c2cccc(OC)c2)nn1CC(=O)CCc1cccc(F)c1. The predicted molar refractivity (Wildman–Crippen MR) is 105 cm³/mol. The summed E-state index contributed by atoms with van der Waals surface area (Å²) in [6.07, 6.45) is 0.618. The monoisotopic (exact) mass is 396 g/mol. The quantitative estimate of drug-likeness (QED) is 0.543. The fourth-order valence-corrected chi connectivity index (χ4v) is 2.95. The van der Waals surface area contributed by atoms with E-state index in [1.165, 1.54) is 23.9 Å². The van der Waals surface area contributed by atoms with Crippen LogP contribution in [-0.4, -0.2) is 35.8 Å². The van der Waals surface area contributed by atoms with E-state index < -0.39 is 5.97 Å². The van der Waals surface area contributed by atoms with Gasteiger partial charge in [0.15, 0.2) is 5.78 Å². The van der Waals surface area contributed by atoms with E-state index in [0.29, 0.717) is 17.9 Å². The molecule has 0 spiro atoms. The van der Waals surface area contributed by atoms with Gasteiger partial charge in [-0.25, -0.2) is 9.18 Å². The van der Waals surface area contributed by atoms with Crippen LogP contribution in [0.15, 0.2) is 54.6 Å². The number of esters is 1. The Balaban J connectivity index is 1.78. The number of nitrogens with zero attached hydrogens (tertiary/aromatic N) is 2. The number of hydrogen-bond acceptors (Lipinski definition) is 5. The van der Waals surface area contributed by atoms with E-state index in [1.807, 2.05) is 12.1 Å². The molecule has 3 rings (SSSR count). The second-order valence-electron chi connectivity index (χ2n) is 6.46. The summed E-state index contributed by atoms with van der Waals surface area (Å²) >= 11 is 0. The molecule has 0 aliphatic rings. The van der Waals surface area contributed by atoms with Crippen LogP contribution in [0.4, 0.5) is 4.39 Å². The van der Waals surface area contributed by atoms with Gasteiger partial charge in [-0.2, -0.15) is 5.10 Å². The molecule has 0 aliphatic carbocycles. The summed E-state index contributed by atoms with van der Waals surface area (Å²) in [6, 6.07) is 15.0. The fraction of sp³-hybridized carbons (Fsp3) is 0.227. The van der Waals surface area contributed by atoms with Crippen LogP contribution in [0.2, 0.25) is 0 Å². The first kappa shape index (κ1) is 20.3. The zero-order valence-corrected chi connectivity index (χ0v) is 16.2. The third kappa shape index (κ3) is 5.07. The van der Waals surface area contributed by atoms with Crippen LogP contribution in [0.3, 0.4) is 0 Å². The molecule has 150 valence electrons. The summed E-state index contributed by atoms with van der Waals surface area (Å²) in [5.74, 6) is -0.384. The third-order valence-electron chi connectivity index (χ3n) is 4.45. The Morgan fingerprint density at radius 3 is 2.59 bits per heavy atom. The molecule has 6 nitrogen and oxygen atoms in total. The molecule has 3 aromatic rings. The van der Waals surface area contributed by atoms with Crippen LogP contribution >= 0.6 is 0 Å². The molecule has 0 radical (unpaired) electrons. The zero-order chi connectivity index (χ0) is 20.8. The van der Waals surface area contributed by atoms with Crippen LogP contribution < -0.4 is 4.74 Å². The van der Waals surface area contributed by atoms with Gasteiger partial charge in [0.1, 0.15) is 23.8 Å². The second kappa shape index (κ2) is 9.14. The maximum absolute atomic E-state index is 13.3. The van der Waals surface area contributed by atoms with Crippen molar-refractivity contribution in [1.82, 2.24) is 9.78 Å². The summed E-state index contributed by atoms with van der Waals surface area (Å²) in [5, 5.41) is 4.41. The van der Waals surface area contributed by atoms with Gasteiger partial charge in [-0.3, -0.25) is 9.48 Å². The van der Waals surface area contributed by atoms with Crippen molar-refractivity contribution in [1.29, 1.82) is 0 Å². The van der Waals surface area contributed by atoms with E-state index in [4.69, 9.17) is 9.47 Å². The van der Waals surface area contributed by atoms with Crippen molar-refractivity contribution in [3.05, 3.63) is 71.7 Å². The topological polar surface area (TPSA) is 70.4 Å². The van der Waals surface area contributed by atoms with Gasteiger partial charge in [0, 0.05) is 12.0 Å². The number of rotatable bonds is 8. The highest BCUT2D eigenvalue weighted by molar-refractivity contribution is 5.90. The standard InChI is InChI=1S/C22H21FN2O4/c1-28-19-8-4-6-16(12-19)20-13-21(22(27)29-2)25(24-20)14-18(26)10-9-15-5-3-7-17(23)11-15/h3-8,11-13H,9-10,14H2,1-2H3. The summed E-state index contributed by atoms with van der Waals surface area (Å²) in [7, 11) is 2.84. The van der Waals surface area contributed by atoms with Crippen LogP contribution in [0.1, 0.15) is 22.5 Å². The Kier molecular flexibility index (Phi) is 6.39. The number of halogens is 1. The lowest BCUT2D eigenvalue weighted by Gasteiger charge is -2.06. The molecule has 0 unspecified atom stereocenters. The molecular formula is C22H21FN2O4. The van der Waals surface area contributed by atoms with Gasteiger partial charge in [0.2, 0.25) is 0 Å². The van der Waals surface area contributed by atoms with Crippen LogP contribution in [0.25, 0.3) is 11.3 Å². The average Bonchev–Trinajstić information content (AvgIpc) is 3.15. The van der Waals surface area contributed by atoms with E-state index in [2.05, 4.69) is 5.10 Å². The van der Waals surface area contributed by atoms with Crippen molar-refractivity contribution in [2.75, 3.05) is 14.2 Å². The van der Waals surface area contributed by atoms with Crippen molar-refractivity contribution < 1.29 is 23.5 Å². The number of aryl methyl sites for hydroxylation is 1. The van der Waals surface area contributed by atoms with Crippen LogP contribution in [-0.2, 0) is 22.5 Å². The summed E-state index contributed by atoms with van der Waals surface area (Å²) < 4.78 is 24.7. The first-order valence-corrected chi connectivity index (χ1v) is 9.07. The first-order chi connectivity index (χ1) is 14.0. The van der Waals surface area contributed by atoms with Crippen molar-refractivity contribution in [2.24, 2.45) is 0 Å². The first-order valence-electron chi connectivity index (χ1n) is 9.07. The molecule has 0 aliphatic heterocycles. The lowest BCUT2D eigenvalue weighted by molar-refractivity contribution is -0.119. The third-order valence-corrected chi connectivity index (χ3v) is 4.45. The van der Waals surface area contributed by atoms with Crippen molar-refractivity contribution >= 4 is 11.8 Å². The number of ketones is 1. The lowest BCUT2D eigenvalue weighted by atomic mass is 10.1. The number of ether oxygens (including phenoxy) is 2. The minimum atomic E-state index is -0.579. The smallest absolute Gasteiger partial charge is 0.356 e. The van der Waals surface area contributed by atoms with Gasteiger partial charge < -0.3 is 9.47 Å². The van der Waals surface area contributed by atoms with Crippen molar-refractivity contribution in [3.63, 3.8) is 0 Å². The van der Waals surface area contributed by atoms with Gasteiger partial charge in [-0.15, -0.1) is 0 Å². The molecule has 1 heterocycles. The molecule has 0 amide bonds. The molecule has 2 aromatic carbocycles. The van der Waals surface area contributed by atoms with Crippen molar-refractivity contribution in [2.45, 2.75) is 19.4 Å². The molecule has 29 heavy (non-hydrogen) atoms. The normalized spacial score (nSPS) is 10.6. The molecule has 0 saturated carbocycles. The molecule has 0 saturated heterocycles. The van der Waals surface area contributed by atoms with E-state index in [0.717, 1.165) is 11.1 Å². The lowest BCUT2D eigenvalue weighted by Crippen LogP contribution is -2.17. The average molecular weight is 396 g/mol. The minimum Gasteiger partial charge on any atom is -0.497 e. The van der Waals surface area contributed by atoms with Crippen LogP contribution in [0, 0.1) is 5.82 Å². The maximum Gasteiger partial charge on any atom is 0.356 e. The molecule has 0 fully saturated rings. The van der Waals surface area contributed by atoms with Crippen LogP contribution in [0.5, 0.6) is 5.75 Å². The Morgan fingerprint density at radius 2 is 1.86 bits per heavy atom. The molecule has 7 heteroatoms. The Labute approximate surface area is 167 Å². The Bertz CT molecular complexity index is 1030. The summed E-state index contributed by atoms with van der Waals surface area (Å²) in [5.41, 5.74) is 2.20. The summed E-state index contributed by atoms with van der Waals surface area (Å²) in [6.45, 7) is -0.0796. The highest BCUT2D eigenvalue weighted by atomic mass is 19.1. The zero-order valence-electron chi connectivity index (χ0n) is 16.2. The number of hydrogen-bond donors (Lipinski definition) is 0. The van der Waals surface area contributed by atoms with E-state index >= 15 is 0 Å². The largest absolute Gasteiger partial charge is 0.497 e. The van der Waals surface area contributed by atoms with Crippen molar-refractivity contribution in [3.8, 4) is 17.0 Å². The van der Waals surface area contributed by atoms with Gasteiger partial charge in [-0.1, -0.05) is 24.3 Å². The molecule has 0 N–H and O–H groups in total. The number of benzene rings is 2. The number of carbonyl (C=O) groups excluding carboxylic acids is 2. The van der Waals surface area contributed by atoms with E-state index in [9.17, 15) is 14.0 Å². The maximum atomic E-state index is 13.3. The second-order valence-corrected chi connectivity index (χ2v) is 6.46. The number of methoxy groups -OCH3 is 2. The number of carbonyl (C=O) groups is 2. The Morgan fingerprint density at radius 1 is 1.07 bits per heavy atom. The molecular weight excluding hydrogens is 375 g/mol. The number of aromatic nitrogens is 2. The summed E-state index contributed by atoms with van der Waals surface area (Å²) in [4.78, 5) is 24.6. The molecule has 0 bridgehead atoms. The van der Waals surface area contributed by atoms with E-state index in [1.54, 1.807) is 37.4 Å². The minimum absolute atomic E-state index is 0.0796. The van der Waals surface area contributed by atoms with Gasteiger partial charge >= 0.3 is 5.97 Å². The molecule has 1 aromatic heterocycles.